The maximum Gasteiger partial charge on any atom is 0.237 e. The summed E-state index contributed by atoms with van der Waals surface area (Å²) in [6.07, 6.45) is 5.96. The summed E-state index contributed by atoms with van der Waals surface area (Å²) in [6, 6.07) is 13.9. The summed E-state index contributed by atoms with van der Waals surface area (Å²) in [4.78, 5) is 17.7. The molecule has 6 heteroatoms. The number of ketones is 1. The summed E-state index contributed by atoms with van der Waals surface area (Å²) in [5.74, 6) is 0.533. The largest absolute Gasteiger partial charge is 0.758 e. The van der Waals surface area contributed by atoms with Crippen molar-refractivity contribution in [1.82, 2.24) is 0 Å². The molecule has 1 aromatic carbocycles. The Labute approximate surface area is 169 Å². The first-order chi connectivity index (χ1) is 13.6. The molecule has 0 spiro atoms. The van der Waals surface area contributed by atoms with Crippen molar-refractivity contribution in [3.05, 3.63) is 89.6 Å². The van der Waals surface area contributed by atoms with E-state index in [1.807, 2.05) is 30.3 Å². The number of carbonyl (C=O) groups is 1. The molecule has 5 nitrogen and oxygen atoms in total. The first-order valence-corrected chi connectivity index (χ1v) is 9.50. The number of hydrogen-bond acceptors (Lipinski definition) is 5. The molecule has 28 heavy (non-hydrogen) atoms. The van der Waals surface area contributed by atoms with Crippen LogP contribution >= 0.6 is 0 Å². The zero-order valence-electron chi connectivity index (χ0n) is 15.6. The lowest BCUT2D eigenvalue weighted by atomic mass is 10.0. The number of aryl methyl sites for hydroxylation is 1. The van der Waals surface area contributed by atoms with Crippen LogP contribution < -0.4 is 4.57 Å². The molecule has 0 bridgehead atoms. The number of hydrogen-bond donors (Lipinski definition) is 1. The number of furan rings is 1. The van der Waals surface area contributed by atoms with E-state index in [1.165, 1.54) is 0 Å². The molecule has 0 aliphatic heterocycles. The van der Waals surface area contributed by atoms with Crippen LogP contribution in [0.25, 0.3) is 0 Å². The fourth-order valence-electron chi connectivity index (χ4n) is 2.88. The van der Waals surface area contributed by atoms with E-state index in [4.69, 9.17) is 17.0 Å². The second-order valence-corrected chi connectivity index (χ2v) is 6.79. The van der Waals surface area contributed by atoms with Gasteiger partial charge in [0.2, 0.25) is 11.8 Å². The number of aromatic nitrogens is 1. The van der Waals surface area contributed by atoms with Gasteiger partial charge in [0.25, 0.3) is 0 Å². The average molecular weight is 394 g/mol. The van der Waals surface area contributed by atoms with Crippen LogP contribution in [0.4, 0.5) is 0 Å². The van der Waals surface area contributed by atoms with E-state index in [0.717, 1.165) is 12.0 Å². The van der Waals surface area contributed by atoms with Gasteiger partial charge in [-0.3, -0.25) is 4.79 Å². The topological polar surface area (TPSA) is 66.7 Å². The molecule has 0 amide bonds. The zero-order valence-corrected chi connectivity index (χ0v) is 16.4. The fraction of sp³-hybridized carbons (Fsp3) is 0.227. The highest BCUT2D eigenvalue weighted by Gasteiger charge is 2.28. The van der Waals surface area contributed by atoms with Gasteiger partial charge in [0.05, 0.1) is 19.4 Å². The van der Waals surface area contributed by atoms with Crippen molar-refractivity contribution in [3.63, 3.8) is 0 Å². The van der Waals surface area contributed by atoms with Crippen molar-refractivity contribution in [2.45, 2.75) is 32.5 Å². The highest BCUT2D eigenvalue weighted by molar-refractivity contribution is 7.77. The van der Waals surface area contributed by atoms with E-state index in [2.05, 4.69) is 11.9 Å². The maximum atomic E-state index is 13.3. The van der Waals surface area contributed by atoms with Crippen LogP contribution in [-0.4, -0.2) is 15.9 Å². The Hall–Kier alpha value is -2.83. The molecule has 0 radical (unpaired) electrons. The van der Waals surface area contributed by atoms with Crippen molar-refractivity contribution in [3.8, 4) is 0 Å². The summed E-state index contributed by atoms with van der Waals surface area (Å²) in [5, 5.41) is 9.72. The average Bonchev–Trinajstić information content (AvgIpc) is 3.26. The smallest absolute Gasteiger partial charge is 0.237 e. The van der Waals surface area contributed by atoms with Crippen LogP contribution in [0.3, 0.4) is 0 Å². The minimum absolute atomic E-state index is 0.122. The molecule has 0 aliphatic carbocycles. The molecule has 2 heterocycles. The minimum atomic E-state index is -0.774. The first kappa shape index (κ1) is 19.9. The van der Waals surface area contributed by atoms with E-state index < -0.39 is 6.04 Å². The van der Waals surface area contributed by atoms with Gasteiger partial charge in [0.1, 0.15) is 5.76 Å². The number of aliphatic hydroxyl groups is 1. The Balaban J connectivity index is 1.97. The molecule has 0 saturated heterocycles. The van der Waals surface area contributed by atoms with Crippen LogP contribution in [0.1, 0.15) is 40.2 Å². The van der Waals surface area contributed by atoms with Gasteiger partial charge >= 0.3 is 0 Å². The van der Waals surface area contributed by atoms with Gasteiger partial charge in [-0.2, -0.15) is 4.57 Å². The Kier molecular flexibility index (Phi) is 6.68. The van der Waals surface area contributed by atoms with Gasteiger partial charge in [-0.25, -0.2) is 0 Å². The number of benzene rings is 1. The Morgan fingerprint density at radius 2 is 1.96 bits per heavy atom. The predicted molar refractivity (Wildman–Crippen MR) is 109 cm³/mol. The number of Topliss-reactive ketones (excluding diaryl/α,β-unsaturated/α-hetero) is 1. The minimum Gasteiger partial charge on any atom is -0.758 e. The van der Waals surface area contributed by atoms with E-state index in [0.29, 0.717) is 16.9 Å². The Morgan fingerprint density at radius 3 is 2.61 bits per heavy atom. The van der Waals surface area contributed by atoms with E-state index in [9.17, 15) is 9.90 Å². The van der Waals surface area contributed by atoms with Crippen LogP contribution in [0.5, 0.6) is 0 Å². The van der Waals surface area contributed by atoms with Crippen LogP contribution in [0, 0.1) is 0 Å². The van der Waals surface area contributed by atoms with Gasteiger partial charge in [0, 0.05) is 17.2 Å². The molecule has 1 N–H and O–H groups in total. The molecule has 0 unspecified atom stereocenters. The molecule has 1 atom stereocenters. The molecular formula is C22H22N2O3S. The van der Waals surface area contributed by atoms with E-state index in [-0.39, 0.29) is 24.0 Å². The quantitative estimate of drug-likeness (QED) is 0.209. The van der Waals surface area contributed by atoms with Crippen molar-refractivity contribution < 1.29 is 18.9 Å². The summed E-state index contributed by atoms with van der Waals surface area (Å²) < 4.78 is 7.00. The number of aliphatic hydroxyl groups excluding tert-OH is 1. The van der Waals surface area contributed by atoms with Crippen LogP contribution in [0.15, 0.2) is 76.6 Å². The standard InChI is InChI=1S/C22H22N2O3S/c1-2-16-7-9-18(10-8-16)21(26)20(24-11-3-5-17(14-24)15-25)22(28)23-13-19-6-4-12-27-19/h3-12,14,20,25H,2,13,15H2,1H3/t20-/m1/s1. The highest BCUT2D eigenvalue weighted by Crippen LogP contribution is 2.15. The predicted octanol–water partition coefficient (Wildman–Crippen LogP) is 3.19. The van der Waals surface area contributed by atoms with E-state index in [1.54, 1.807) is 41.4 Å². The second-order valence-electron chi connectivity index (χ2n) is 6.37. The fourth-order valence-corrected chi connectivity index (χ4v) is 3.17. The van der Waals surface area contributed by atoms with Gasteiger partial charge in [-0.1, -0.05) is 31.2 Å². The summed E-state index contributed by atoms with van der Waals surface area (Å²) >= 11 is 5.52. The van der Waals surface area contributed by atoms with E-state index >= 15 is 0 Å². The molecule has 3 rings (SSSR count). The lowest BCUT2D eigenvalue weighted by molar-refractivity contribution is -0.692. The molecule has 0 aliphatic rings. The number of pyridine rings is 1. The third-order valence-electron chi connectivity index (χ3n) is 4.46. The van der Waals surface area contributed by atoms with Crippen molar-refractivity contribution >= 4 is 23.5 Å². The summed E-state index contributed by atoms with van der Waals surface area (Å²) in [7, 11) is 0. The summed E-state index contributed by atoms with van der Waals surface area (Å²) in [5.41, 5.74) is 2.42. The molecule has 0 saturated carbocycles. The van der Waals surface area contributed by atoms with Crippen LogP contribution in [0.2, 0.25) is 0 Å². The molecular weight excluding hydrogens is 372 g/mol. The highest BCUT2D eigenvalue weighted by atomic mass is 32.1. The normalized spacial score (nSPS) is 12.7. The Bertz CT molecular complexity index is 950. The monoisotopic (exact) mass is 394 g/mol. The van der Waals surface area contributed by atoms with Crippen LogP contribution in [-0.2, 0) is 32.2 Å². The number of rotatable bonds is 8. The van der Waals surface area contributed by atoms with Crippen molar-refractivity contribution in [1.29, 1.82) is 0 Å². The third kappa shape index (κ3) is 4.71. The Morgan fingerprint density at radius 1 is 1.18 bits per heavy atom. The van der Waals surface area contributed by atoms with Gasteiger partial charge < -0.3 is 27.1 Å². The number of carbonyl (C=O) groups excluding carboxylic acids is 1. The lowest BCUT2D eigenvalue weighted by Crippen LogP contribution is -2.48. The third-order valence-corrected chi connectivity index (χ3v) is 4.82. The lowest BCUT2D eigenvalue weighted by Gasteiger charge is -2.19. The molecule has 0 fully saturated rings. The zero-order chi connectivity index (χ0) is 19.9. The van der Waals surface area contributed by atoms with Gasteiger partial charge in [0.15, 0.2) is 12.4 Å². The number of aliphatic imine (C=N–C) groups is 1. The molecule has 2 aromatic heterocycles. The van der Waals surface area contributed by atoms with Crippen molar-refractivity contribution in [2.24, 2.45) is 4.99 Å². The van der Waals surface area contributed by atoms with Crippen molar-refractivity contribution in [2.75, 3.05) is 0 Å². The molecule has 3 aromatic rings. The number of nitrogens with zero attached hydrogens (tertiary/aromatic N) is 2. The SMILES string of the molecule is CCc1ccc(C(=O)[C@H](C([S-])=NCc2ccco2)[n+]2cccc(CO)c2)cc1. The van der Waals surface area contributed by atoms with Gasteiger partial charge in [-0.05, 0) is 35.2 Å². The first-order valence-electron chi connectivity index (χ1n) is 9.09. The second kappa shape index (κ2) is 9.39. The summed E-state index contributed by atoms with van der Waals surface area (Å²) in [6.45, 7) is 2.21. The molecule has 144 valence electrons. The maximum absolute atomic E-state index is 13.3. The van der Waals surface area contributed by atoms with Gasteiger partial charge in [-0.15, -0.1) is 0 Å².